The fourth-order valence-electron chi connectivity index (χ4n) is 2.96. The second-order valence-electron chi connectivity index (χ2n) is 5.55. The van der Waals surface area contributed by atoms with Gasteiger partial charge in [-0.05, 0) is 55.2 Å². The van der Waals surface area contributed by atoms with Crippen molar-refractivity contribution in [3.63, 3.8) is 0 Å². The van der Waals surface area contributed by atoms with E-state index in [0.717, 1.165) is 23.2 Å². The summed E-state index contributed by atoms with van der Waals surface area (Å²) in [6, 6.07) is 12.9. The third-order valence-electron chi connectivity index (χ3n) is 3.80. The quantitative estimate of drug-likeness (QED) is 0.832. The number of fused-ring (bicyclic) bond motifs is 1. The third kappa shape index (κ3) is 2.83. The van der Waals surface area contributed by atoms with Gasteiger partial charge in [-0.3, -0.25) is 0 Å². The number of hydrogen-bond acceptors (Lipinski definition) is 2. The maximum atomic E-state index is 5.93. The van der Waals surface area contributed by atoms with Gasteiger partial charge in [0.05, 0.1) is 0 Å². The highest BCUT2D eigenvalue weighted by Crippen LogP contribution is 2.30. The zero-order valence-corrected chi connectivity index (χ0v) is 13.3. The van der Waals surface area contributed by atoms with E-state index in [0.29, 0.717) is 0 Å². The molecule has 2 aromatic carbocycles. The molecule has 2 aromatic rings. The standard InChI is InChI=1S/C17H19BrN2/c1-12-4-5-17-14(7-12)3-2-6-20(17)11-13-8-15(18)10-16(19)9-13/h4-5,7-10H,2-3,6,11,19H2,1H3. The minimum absolute atomic E-state index is 0.815. The minimum Gasteiger partial charge on any atom is -0.399 e. The van der Waals surface area contributed by atoms with Crippen molar-refractivity contribution in [1.29, 1.82) is 0 Å². The van der Waals surface area contributed by atoms with Gasteiger partial charge in [-0.25, -0.2) is 0 Å². The molecule has 20 heavy (non-hydrogen) atoms. The van der Waals surface area contributed by atoms with E-state index in [1.54, 1.807) is 0 Å². The Kier molecular flexibility index (Phi) is 3.70. The summed E-state index contributed by atoms with van der Waals surface area (Å²) < 4.78 is 1.05. The van der Waals surface area contributed by atoms with Crippen molar-refractivity contribution in [2.45, 2.75) is 26.3 Å². The lowest BCUT2D eigenvalue weighted by Gasteiger charge is -2.31. The Bertz CT molecular complexity index is 617. The van der Waals surface area contributed by atoms with Crippen molar-refractivity contribution >= 4 is 27.3 Å². The zero-order valence-electron chi connectivity index (χ0n) is 11.7. The van der Waals surface area contributed by atoms with E-state index in [-0.39, 0.29) is 0 Å². The molecular weight excluding hydrogens is 312 g/mol. The molecule has 0 saturated carbocycles. The lowest BCUT2D eigenvalue weighted by molar-refractivity contribution is 0.691. The van der Waals surface area contributed by atoms with Gasteiger partial charge in [-0.15, -0.1) is 0 Å². The Balaban J connectivity index is 1.89. The van der Waals surface area contributed by atoms with E-state index in [4.69, 9.17) is 5.73 Å². The van der Waals surface area contributed by atoms with Crippen molar-refractivity contribution in [3.8, 4) is 0 Å². The zero-order chi connectivity index (χ0) is 14.1. The van der Waals surface area contributed by atoms with Crippen LogP contribution in [0.1, 0.15) is 23.1 Å². The summed E-state index contributed by atoms with van der Waals surface area (Å²) in [4.78, 5) is 2.46. The molecule has 0 atom stereocenters. The summed E-state index contributed by atoms with van der Waals surface area (Å²) in [7, 11) is 0. The molecule has 0 saturated heterocycles. The molecule has 2 nitrogen and oxygen atoms in total. The predicted molar refractivity (Wildman–Crippen MR) is 89.1 cm³/mol. The molecule has 3 heteroatoms. The molecular formula is C17H19BrN2. The number of nitrogen functional groups attached to an aromatic ring is 1. The second kappa shape index (κ2) is 5.49. The van der Waals surface area contributed by atoms with Crippen LogP contribution in [-0.2, 0) is 13.0 Å². The van der Waals surface area contributed by atoms with Crippen molar-refractivity contribution < 1.29 is 0 Å². The van der Waals surface area contributed by atoms with E-state index < -0.39 is 0 Å². The number of aryl methyl sites for hydroxylation is 2. The topological polar surface area (TPSA) is 29.3 Å². The Morgan fingerprint density at radius 2 is 2.05 bits per heavy atom. The first-order valence-electron chi connectivity index (χ1n) is 7.01. The number of halogens is 1. The first-order chi connectivity index (χ1) is 9.61. The monoisotopic (exact) mass is 330 g/mol. The summed E-state index contributed by atoms with van der Waals surface area (Å²) in [5.74, 6) is 0. The van der Waals surface area contributed by atoms with E-state index in [2.05, 4.69) is 58.1 Å². The highest BCUT2D eigenvalue weighted by Gasteiger charge is 2.17. The lowest BCUT2D eigenvalue weighted by Crippen LogP contribution is -2.28. The molecule has 0 aromatic heterocycles. The molecule has 1 aliphatic rings. The van der Waals surface area contributed by atoms with Gasteiger partial charge in [0, 0.05) is 28.9 Å². The van der Waals surface area contributed by atoms with Crippen LogP contribution >= 0.6 is 15.9 Å². The average Bonchev–Trinajstić information content (AvgIpc) is 2.37. The van der Waals surface area contributed by atoms with Gasteiger partial charge in [0.1, 0.15) is 0 Å². The molecule has 2 N–H and O–H groups in total. The highest BCUT2D eigenvalue weighted by molar-refractivity contribution is 9.10. The van der Waals surface area contributed by atoms with Crippen LogP contribution in [0.3, 0.4) is 0 Å². The van der Waals surface area contributed by atoms with Crippen LogP contribution < -0.4 is 10.6 Å². The molecule has 0 amide bonds. The third-order valence-corrected chi connectivity index (χ3v) is 4.26. The summed E-state index contributed by atoms with van der Waals surface area (Å²) in [6.07, 6.45) is 2.41. The van der Waals surface area contributed by atoms with E-state index >= 15 is 0 Å². The molecule has 1 heterocycles. The van der Waals surface area contributed by atoms with Crippen LogP contribution in [0.2, 0.25) is 0 Å². The first-order valence-corrected chi connectivity index (χ1v) is 7.80. The molecule has 0 unspecified atom stereocenters. The Hall–Kier alpha value is -1.48. The lowest BCUT2D eigenvalue weighted by atomic mass is 9.99. The van der Waals surface area contributed by atoms with Gasteiger partial charge in [0.15, 0.2) is 0 Å². The van der Waals surface area contributed by atoms with Crippen LogP contribution in [0.5, 0.6) is 0 Å². The van der Waals surface area contributed by atoms with Crippen LogP contribution in [0, 0.1) is 6.92 Å². The summed E-state index contributed by atoms with van der Waals surface area (Å²) in [5, 5.41) is 0. The van der Waals surface area contributed by atoms with Crippen molar-refractivity contribution in [1.82, 2.24) is 0 Å². The molecule has 0 aliphatic carbocycles. The SMILES string of the molecule is Cc1ccc2c(c1)CCCN2Cc1cc(N)cc(Br)c1. The molecule has 0 fully saturated rings. The number of anilines is 2. The Labute approximate surface area is 128 Å². The fourth-order valence-corrected chi connectivity index (χ4v) is 3.51. The van der Waals surface area contributed by atoms with Crippen LogP contribution in [-0.4, -0.2) is 6.54 Å². The molecule has 1 aliphatic heterocycles. The maximum absolute atomic E-state index is 5.93. The van der Waals surface area contributed by atoms with Crippen molar-refractivity contribution in [2.24, 2.45) is 0 Å². The van der Waals surface area contributed by atoms with Gasteiger partial charge in [-0.2, -0.15) is 0 Å². The molecule has 0 radical (unpaired) electrons. The van der Waals surface area contributed by atoms with E-state index in [1.165, 1.54) is 35.2 Å². The molecule has 3 rings (SSSR count). The van der Waals surface area contributed by atoms with E-state index in [9.17, 15) is 0 Å². The normalized spacial score (nSPS) is 14.2. The maximum Gasteiger partial charge on any atom is 0.0430 e. The van der Waals surface area contributed by atoms with Gasteiger partial charge in [-0.1, -0.05) is 33.6 Å². The number of nitrogens with two attached hydrogens (primary N) is 1. The van der Waals surface area contributed by atoms with Gasteiger partial charge < -0.3 is 10.6 Å². The van der Waals surface area contributed by atoms with Crippen LogP contribution in [0.15, 0.2) is 40.9 Å². The largest absolute Gasteiger partial charge is 0.399 e. The number of rotatable bonds is 2. The summed E-state index contributed by atoms with van der Waals surface area (Å²) >= 11 is 3.52. The van der Waals surface area contributed by atoms with Gasteiger partial charge in [0.2, 0.25) is 0 Å². The fraction of sp³-hybridized carbons (Fsp3) is 0.294. The molecule has 104 valence electrons. The van der Waals surface area contributed by atoms with Crippen LogP contribution in [0.4, 0.5) is 11.4 Å². The first kappa shape index (κ1) is 13.5. The average molecular weight is 331 g/mol. The summed E-state index contributed by atoms with van der Waals surface area (Å²) in [5.41, 5.74) is 12.2. The second-order valence-corrected chi connectivity index (χ2v) is 6.47. The minimum atomic E-state index is 0.815. The van der Waals surface area contributed by atoms with Crippen molar-refractivity contribution in [3.05, 3.63) is 57.6 Å². The number of benzene rings is 2. The van der Waals surface area contributed by atoms with Gasteiger partial charge >= 0.3 is 0 Å². The number of nitrogens with zero attached hydrogens (tertiary/aromatic N) is 1. The smallest absolute Gasteiger partial charge is 0.0430 e. The molecule has 0 bridgehead atoms. The number of hydrogen-bond donors (Lipinski definition) is 1. The Morgan fingerprint density at radius 3 is 2.85 bits per heavy atom. The van der Waals surface area contributed by atoms with Crippen molar-refractivity contribution in [2.75, 3.05) is 17.2 Å². The Morgan fingerprint density at radius 1 is 1.20 bits per heavy atom. The van der Waals surface area contributed by atoms with E-state index in [1.807, 2.05) is 6.07 Å². The predicted octanol–water partition coefficient (Wildman–Crippen LogP) is 4.29. The van der Waals surface area contributed by atoms with Gasteiger partial charge in [0.25, 0.3) is 0 Å². The van der Waals surface area contributed by atoms with Crippen LogP contribution in [0.25, 0.3) is 0 Å². The highest BCUT2D eigenvalue weighted by atomic mass is 79.9. The molecule has 0 spiro atoms. The summed E-state index contributed by atoms with van der Waals surface area (Å²) in [6.45, 7) is 4.19.